The highest BCUT2D eigenvalue weighted by molar-refractivity contribution is 7.99. The monoisotopic (exact) mass is 401 g/mol. The van der Waals surface area contributed by atoms with Crippen LogP contribution in [0.25, 0.3) is 11.4 Å². The fourth-order valence-corrected chi connectivity index (χ4v) is 3.43. The van der Waals surface area contributed by atoms with Crippen LogP contribution < -0.4 is 5.32 Å². The lowest BCUT2D eigenvalue weighted by molar-refractivity contribution is -0.113. The van der Waals surface area contributed by atoms with Gasteiger partial charge in [0.2, 0.25) is 5.91 Å². The molecule has 9 heteroatoms. The Balaban J connectivity index is 1.49. The van der Waals surface area contributed by atoms with Crippen molar-refractivity contribution < 1.29 is 4.79 Å². The third-order valence-corrected chi connectivity index (χ3v) is 4.97. The van der Waals surface area contributed by atoms with Crippen LogP contribution in [0.5, 0.6) is 0 Å². The van der Waals surface area contributed by atoms with Crippen LogP contribution in [-0.4, -0.2) is 36.2 Å². The summed E-state index contributed by atoms with van der Waals surface area (Å²) in [6.45, 7) is 0. The Morgan fingerprint density at radius 2 is 1.76 bits per heavy atom. The zero-order valence-electron chi connectivity index (χ0n) is 15.1. The van der Waals surface area contributed by atoms with Crippen LogP contribution in [0.4, 0.5) is 5.82 Å². The van der Waals surface area contributed by atoms with Gasteiger partial charge >= 0.3 is 0 Å². The summed E-state index contributed by atoms with van der Waals surface area (Å²) in [4.78, 5) is 12.6. The molecule has 1 amide bonds. The highest BCUT2D eigenvalue weighted by atomic mass is 32.2. The van der Waals surface area contributed by atoms with Gasteiger partial charge in [-0.1, -0.05) is 48.2 Å². The number of amides is 1. The third kappa shape index (κ3) is 4.02. The standard InChI is InChI=1S/C20H15N7OS/c21-11-15-12-23-27(17-9-5-2-6-10-17)19(15)24-18(28)13-29-20-25-22-14-26(20)16-7-3-1-4-8-16/h1-10,12,14H,13H2,(H,24,28). The number of nitrogens with zero attached hydrogens (tertiary/aromatic N) is 6. The van der Waals surface area contributed by atoms with E-state index in [1.54, 1.807) is 6.33 Å². The van der Waals surface area contributed by atoms with Gasteiger partial charge in [-0.2, -0.15) is 10.4 Å². The lowest BCUT2D eigenvalue weighted by atomic mass is 10.3. The molecule has 0 atom stereocenters. The molecule has 4 rings (SSSR count). The topological polar surface area (TPSA) is 101 Å². The van der Waals surface area contributed by atoms with E-state index in [1.807, 2.05) is 65.2 Å². The SMILES string of the molecule is N#Cc1cnn(-c2ccccc2)c1NC(=O)CSc1nncn1-c1ccccc1. The Labute approximate surface area is 170 Å². The van der Waals surface area contributed by atoms with Crippen molar-refractivity contribution in [1.29, 1.82) is 5.26 Å². The second kappa shape index (κ2) is 8.41. The van der Waals surface area contributed by atoms with Crippen LogP contribution in [0.2, 0.25) is 0 Å². The van der Waals surface area contributed by atoms with E-state index in [1.165, 1.54) is 22.6 Å². The maximum Gasteiger partial charge on any atom is 0.236 e. The Bertz CT molecular complexity index is 1160. The molecule has 0 saturated heterocycles. The molecule has 1 N–H and O–H groups in total. The number of rotatable bonds is 6. The number of anilines is 1. The van der Waals surface area contributed by atoms with Crippen molar-refractivity contribution in [3.8, 4) is 17.4 Å². The number of hydrogen-bond acceptors (Lipinski definition) is 6. The lowest BCUT2D eigenvalue weighted by Crippen LogP contribution is -2.18. The van der Waals surface area contributed by atoms with Crippen molar-refractivity contribution >= 4 is 23.5 Å². The number of carbonyl (C=O) groups excluding carboxylic acids is 1. The van der Waals surface area contributed by atoms with Crippen LogP contribution in [0.15, 0.2) is 78.3 Å². The van der Waals surface area contributed by atoms with Crippen LogP contribution in [0.1, 0.15) is 5.56 Å². The summed E-state index contributed by atoms with van der Waals surface area (Å²) < 4.78 is 3.35. The van der Waals surface area contributed by atoms with Gasteiger partial charge in [0.05, 0.1) is 17.6 Å². The van der Waals surface area contributed by atoms with Crippen molar-refractivity contribution in [2.45, 2.75) is 5.16 Å². The smallest absolute Gasteiger partial charge is 0.236 e. The van der Waals surface area contributed by atoms with E-state index < -0.39 is 0 Å². The minimum Gasteiger partial charge on any atom is -0.309 e. The molecule has 2 aromatic heterocycles. The molecular weight excluding hydrogens is 386 g/mol. The van der Waals surface area contributed by atoms with Gasteiger partial charge in [0.25, 0.3) is 0 Å². The highest BCUT2D eigenvalue weighted by Crippen LogP contribution is 2.22. The summed E-state index contributed by atoms with van der Waals surface area (Å²) in [5.41, 5.74) is 1.95. The van der Waals surface area contributed by atoms with Gasteiger partial charge in [-0.15, -0.1) is 10.2 Å². The first-order chi connectivity index (χ1) is 14.3. The Hall–Kier alpha value is -3.90. The number of nitrogens with one attached hydrogen (secondary N) is 1. The summed E-state index contributed by atoms with van der Waals surface area (Å²) >= 11 is 1.26. The van der Waals surface area contributed by atoms with Gasteiger partial charge in [0, 0.05) is 5.69 Å². The summed E-state index contributed by atoms with van der Waals surface area (Å²) in [7, 11) is 0. The average Bonchev–Trinajstić information content (AvgIpc) is 3.40. The van der Waals surface area contributed by atoms with Crippen LogP contribution in [-0.2, 0) is 4.79 Å². The molecule has 0 radical (unpaired) electrons. The van der Waals surface area contributed by atoms with Crippen molar-refractivity contribution in [3.63, 3.8) is 0 Å². The number of aromatic nitrogens is 5. The molecule has 2 aromatic carbocycles. The van der Waals surface area contributed by atoms with Gasteiger partial charge in [-0.05, 0) is 24.3 Å². The number of nitriles is 1. The van der Waals surface area contributed by atoms with Gasteiger partial charge in [-0.25, -0.2) is 4.68 Å². The Morgan fingerprint density at radius 1 is 1.07 bits per heavy atom. The number of carbonyl (C=O) groups is 1. The predicted octanol–water partition coefficient (Wildman–Crippen LogP) is 3.06. The largest absolute Gasteiger partial charge is 0.309 e. The second-order valence-electron chi connectivity index (χ2n) is 5.92. The summed E-state index contributed by atoms with van der Waals surface area (Å²) in [5, 5.41) is 25.0. The van der Waals surface area contributed by atoms with E-state index in [0.29, 0.717) is 16.5 Å². The van der Waals surface area contributed by atoms with Crippen LogP contribution in [0, 0.1) is 11.3 Å². The minimum absolute atomic E-state index is 0.108. The molecule has 0 aliphatic rings. The van der Waals surface area contributed by atoms with Gasteiger partial charge < -0.3 is 5.32 Å². The fourth-order valence-electron chi connectivity index (χ4n) is 2.70. The van der Waals surface area contributed by atoms with Crippen molar-refractivity contribution in [2.24, 2.45) is 0 Å². The molecule has 0 aliphatic heterocycles. The first-order valence-corrected chi connectivity index (χ1v) is 9.66. The Kier molecular flexibility index (Phi) is 5.36. The Morgan fingerprint density at radius 3 is 2.45 bits per heavy atom. The zero-order chi connectivity index (χ0) is 20.1. The molecule has 142 valence electrons. The van der Waals surface area contributed by atoms with Crippen LogP contribution in [0.3, 0.4) is 0 Å². The predicted molar refractivity (Wildman–Crippen MR) is 109 cm³/mol. The van der Waals surface area contributed by atoms with E-state index in [2.05, 4.69) is 26.7 Å². The van der Waals surface area contributed by atoms with E-state index in [9.17, 15) is 10.1 Å². The summed E-state index contributed by atoms with van der Waals surface area (Å²) in [5.74, 6) is 0.178. The first-order valence-electron chi connectivity index (χ1n) is 8.68. The zero-order valence-corrected chi connectivity index (χ0v) is 16.0. The van der Waals surface area contributed by atoms with E-state index >= 15 is 0 Å². The highest BCUT2D eigenvalue weighted by Gasteiger charge is 2.16. The maximum absolute atomic E-state index is 12.6. The number of thioether (sulfide) groups is 1. The first kappa shape index (κ1) is 18.5. The molecule has 29 heavy (non-hydrogen) atoms. The van der Waals surface area contributed by atoms with Crippen LogP contribution >= 0.6 is 11.8 Å². The minimum atomic E-state index is -0.271. The van der Waals surface area contributed by atoms with Crippen molar-refractivity contribution in [2.75, 3.05) is 11.1 Å². The van der Waals surface area contributed by atoms with Gasteiger partial charge in [0.1, 0.15) is 18.0 Å². The third-order valence-electron chi connectivity index (χ3n) is 4.03. The maximum atomic E-state index is 12.6. The average molecular weight is 401 g/mol. The van der Waals surface area contributed by atoms with Gasteiger partial charge in [0.15, 0.2) is 11.0 Å². The fraction of sp³-hybridized carbons (Fsp3) is 0.0500. The van der Waals surface area contributed by atoms with Gasteiger partial charge in [-0.3, -0.25) is 9.36 Å². The van der Waals surface area contributed by atoms with Crippen molar-refractivity contribution in [3.05, 3.63) is 78.8 Å². The number of benzene rings is 2. The summed E-state index contributed by atoms with van der Waals surface area (Å²) in [6, 6.07) is 21.0. The molecular formula is C20H15N7OS. The molecule has 4 aromatic rings. The number of hydrogen-bond donors (Lipinski definition) is 1. The molecule has 2 heterocycles. The number of para-hydroxylation sites is 2. The molecule has 0 unspecified atom stereocenters. The normalized spacial score (nSPS) is 10.4. The van der Waals surface area contributed by atoms with E-state index in [4.69, 9.17) is 0 Å². The summed E-state index contributed by atoms with van der Waals surface area (Å²) in [6.07, 6.45) is 3.04. The molecule has 0 bridgehead atoms. The molecule has 8 nitrogen and oxygen atoms in total. The van der Waals surface area contributed by atoms with E-state index in [-0.39, 0.29) is 11.7 Å². The van der Waals surface area contributed by atoms with Crippen molar-refractivity contribution in [1.82, 2.24) is 24.5 Å². The quantitative estimate of drug-likeness (QED) is 0.498. The molecule has 0 aliphatic carbocycles. The lowest BCUT2D eigenvalue weighted by Gasteiger charge is -2.10. The van der Waals surface area contributed by atoms with E-state index in [0.717, 1.165) is 11.4 Å². The molecule has 0 fully saturated rings. The molecule has 0 saturated carbocycles. The molecule has 0 spiro atoms. The second-order valence-corrected chi connectivity index (χ2v) is 6.86.